The molecule has 3 rings (SSSR count). The van der Waals surface area contributed by atoms with Crippen LogP contribution in [-0.4, -0.2) is 18.1 Å². The minimum atomic E-state index is 0.928. The van der Waals surface area contributed by atoms with E-state index in [0.29, 0.717) is 0 Å². The number of pyridine rings is 1. The van der Waals surface area contributed by atoms with Gasteiger partial charge in [-0.05, 0) is 30.2 Å². The first kappa shape index (κ1) is 11.2. The van der Waals surface area contributed by atoms with Crippen LogP contribution in [0, 0.1) is 0 Å². The number of nitrogens with zero attached hydrogens (tertiary/aromatic N) is 1. The van der Waals surface area contributed by atoms with Crippen LogP contribution in [0.5, 0.6) is 0 Å². The second-order valence-electron chi connectivity index (χ2n) is 4.49. The molecule has 0 fully saturated rings. The zero-order chi connectivity index (χ0) is 12.2. The second kappa shape index (κ2) is 5.15. The normalized spacial score (nSPS) is 15.2. The average molecular weight is 236 g/mol. The molecule has 90 valence electrons. The Morgan fingerprint density at radius 2 is 1.83 bits per heavy atom. The van der Waals surface area contributed by atoms with Crippen molar-refractivity contribution in [2.75, 3.05) is 13.1 Å². The van der Waals surface area contributed by atoms with E-state index in [1.807, 2.05) is 12.3 Å². The van der Waals surface area contributed by atoms with E-state index in [-0.39, 0.29) is 0 Å². The lowest BCUT2D eigenvalue weighted by atomic mass is 10.0. The van der Waals surface area contributed by atoms with Crippen molar-refractivity contribution in [2.24, 2.45) is 0 Å². The molecule has 2 aromatic rings. The molecule has 1 aromatic heterocycles. The zero-order valence-corrected chi connectivity index (χ0v) is 10.3. The molecule has 0 saturated carbocycles. The van der Waals surface area contributed by atoms with E-state index in [1.54, 1.807) is 0 Å². The van der Waals surface area contributed by atoms with Gasteiger partial charge in [-0.1, -0.05) is 42.5 Å². The second-order valence-corrected chi connectivity index (χ2v) is 4.49. The lowest BCUT2D eigenvalue weighted by molar-refractivity contribution is 0.737. The van der Waals surface area contributed by atoms with Crippen molar-refractivity contribution in [3.63, 3.8) is 0 Å². The minimum absolute atomic E-state index is 0.928. The summed E-state index contributed by atoms with van der Waals surface area (Å²) in [6.45, 7) is 2.00. The predicted molar refractivity (Wildman–Crippen MR) is 75.1 cm³/mol. The summed E-state index contributed by atoms with van der Waals surface area (Å²) < 4.78 is 0. The van der Waals surface area contributed by atoms with Gasteiger partial charge in [0.25, 0.3) is 0 Å². The van der Waals surface area contributed by atoms with Crippen molar-refractivity contribution in [3.8, 4) is 11.1 Å². The van der Waals surface area contributed by atoms with Gasteiger partial charge in [0.2, 0.25) is 0 Å². The lowest BCUT2D eigenvalue weighted by Crippen LogP contribution is -2.21. The average Bonchev–Trinajstić information content (AvgIpc) is 2.49. The van der Waals surface area contributed by atoms with Crippen LogP contribution < -0.4 is 5.32 Å². The van der Waals surface area contributed by atoms with E-state index in [9.17, 15) is 0 Å². The number of hydrogen-bond acceptors (Lipinski definition) is 2. The maximum atomic E-state index is 4.57. The van der Waals surface area contributed by atoms with E-state index in [0.717, 1.165) is 25.2 Å². The Morgan fingerprint density at radius 3 is 2.50 bits per heavy atom. The molecule has 2 nitrogen and oxygen atoms in total. The fourth-order valence-electron chi connectivity index (χ4n) is 2.22. The van der Waals surface area contributed by atoms with Gasteiger partial charge in [0.1, 0.15) is 0 Å². The Bertz CT molecular complexity index is 541. The Hall–Kier alpha value is -1.93. The molecular formula is C16H16N2. The topological polar surface area (TPSA) is 24.9 Å². The zero-order valence-electron chi connectivity index (χ0n) is 10.3. The summed E-state index contributed by atoms with van der Waals surface area (Å²) in [4.78, 5) is 4.57. The molecule has 0 saturated heterocycles. The first-order chi connectivity index (χ1) is 8.93. The van der Waals surface area contributed by atoms with Crippen LogP contribution in [0.15, 0.2) is 54.7 Å². The Kier molecular flexibility index (Phi) is 3.20. The van der Waals surface area contributed by atoms with Crippen LogP contribution >= 0.6 is 0 Å². The van der Waals surface area contributed by atoms with Gasteiger partial charge in [-0.25, -0.2) is 0 Å². The molecule has 0 radical (unpaired) electrons. The van der Waals surface area contributed by atoms with Crippen LogP contribution in [0.3, 0.4) is 0 Å². The van der Waals surface area contributed by atoms with Gasteiger partial charge in [-0.3, -0.25) is 4.98 Å². The molecular weight excluding hydrogens is 220 g/mol. The predicted octanol–water partition coefficient (Wildman–Crippen LogP) is 3.13. The molecule has 0 unspecified atom stereocenters. The van der Waals surface area contributed by atoms with Crippen molar-refractivity contribution in [3.05, 3.63) is 60.4 Å². The molecule has 18 heavy (non-hydrogen) atoms. The van der Waals surface area contributed by atoms with E-state index < -0.39 is 0 Å². The SMILES string of the molecule is C1=C(c2ccc(-c3ccccc3)cn2)CNCC1. The molecule has 0 aliphatic carbocycles. The molecule has 1 aliphatic heterocycles. The Balaban J connectivity index is 1.87. The molecule has 0 bridgehead atoms. The molecule has 2 heterocycles. The highest BCUT2D eigenvalue weighted by molar-refractivity contribution is 5.68. The van der Waals surface area contributed by atoms with Gasteiger partial charge in [0, 0.05) is 18.3 Å². The van der Waals surface area contributed by atoms with Gasteiger partial charge in [-0.15, -0.1) is 0 Å². The molecule has 0 atom stereocenters. The summed E-state index contributed by atoms with van der Waals surface area (Å²) in [5, 5.41) is 3.37. The number of benzene rings is 1. The third kappa shape index (κ3) is 2.34. The highest BCUT2D eigenvalue weighted by Crippen LogP contribution is 2.20. The summed E-state index contributed by atoms with van der Waals surface area (Å²) >= 11 is 0. The molecule has 1 aliphatic rings. The van der Waals surface area contributed by atoms with Gasteiger partial charge in [-0.2, -0.15) is 0 Å². The van der Waals surface area contributed by atoms with Crippen LogP contribution in [0.4, 0.5) is 0 Å². The maximum absolute atomic E-state index is 4.57. The van der Waals surface area contributed by atoms with Crippen molar-refractivity contribution in [1.29, 1.82) is 0 Å². The van der Waals surface area contributed by atoms with Crippen LogP contribution in [-0.2, 0) is 0 Å². The van der Waals surface area contributed by atoms with Gasteiger partial charge in [0.15, 0.2) is 0 Å². The standard InChI is InChI=1S/C16H16N2/c1-2-5-13(6-3-1)14-8-9-16(18-12-14)15-7-4-10-17-11-15/h1-3,5-9,12,17H,4,10-11H2. The summed E-state index contributed by atoms with van der Waals surface area (Å²) in [7, 11) is 0. The third-order valence-corrected chi connectivity index (χ3v) is 3.23. The molecule has 0 spiro atoms. The molecule has 1 N–H and O–H groups in total. The maximum Gasteiger partial charge on any atom is 0.0671 e. The lowest BCUT2D eigenvalue weighted by Gasteiger charge is -2.13. The fraction of sp³-hybridized carbons (Fsp3) is 0.188. The first-order valence-corrected chi connectivity index (χ1v) is 6.35. The first-order valence-electron chi connectivity index (χ1n) is 6.35. The number of aromatic nitrogens is 1. The molecule has 2 heteroatoms. The van der Waals surface area contributed by atoms with Gasteiger partial charge >= 0.3 is 0 Å². The monoisotopic (exact) mass is 236 g/mol. The largest absolute Gasteiger partial charge is 0.312 e. The van der Waals surface area contributed by atoms with Gasteiger partial charge in [0.05, 0.1) is 5.69 Å². The van der Waals surface area contributed by atoms with Crippen molar-refractivity contribution >= 4 is 5.57 Å². The smallest absolute Gasteiger partial charge is 0.0671 e. The van der Waals surface area contributed by atoms with Crippen LogP contribution in [0.1, 0.15) is 12.1 Å². The number of nitrogens with one attached hydrogen (secondary N) is 1. The number of hydrogen-bond donors (Lipinski definition) is 1. The van der Waals surface area contributed by atoms with Crippen molar-refractivity contribution in [2.45, 2.75) is 6.42 Å². The highest BCUT2D eigenvalue weighted by Gasteiger charge is 2.06. The summed E-state index contributed by atoms with van der Waals surface area (Å²) in [5.74, 6) is 0. The fourth-order valence-corrected chi connectivity index (χ4v) is 2.22. The van der Waals surface area contributed by atoms with E-state index in [1.165, 1.54) is 16.7 Å². The Morgan fingerprint density at radius 1 is 0.944 bits per heavy atom. The van der Waals surface area contributed by atoms with Gasteiger partial charge < -0.3 is 5.32 Å². The minimum Gasteiger partial charge on any atom is -0.312 e. The number of rotatable bonds is 2. The summed E-state index contributed by atoms with van der Waals surface area (Å²) in [6.07, 6.45) is 5.33. The third-order valence-electron chi connectivity index (χ3n) is 3.23. The van der Waals surface area contributed by atoms with E-state index in [2.05, 4.69) is 52.8 Å². The highest BCUT2D eigenvalue weighted by atomic mass is 14.9. The summed E-state index contributed by atoms with van der Waals surface area (Å²) in [5.41, 5.74) is 4.78. The Labute approximate surface area is 107 Å². The van der Waals surface area contributed by atoms with E-state index in [4.69, 9.17) is 0 Å². The quantitative estimate of drug-likeness (QED) is 0.866. The van der Waals surface area contributed by atoms with Crippen LogP contribution in [0.2, 0.25) is 0 Å². The van der Waals surface area contributed by atoms with Crippen molar-refractivity contribution < 1.29 is 0 Å². The molecule has 0 amide bonds. The molecule has 1 aromatic carbocycles. The van der Waals surface area contributed by atoms with Crippen LogP contribution in [0.25, 0.3) is 16.7 Å². The van der Waals surface area contributed by atoms with E-state index >= 15 is 0 Å². The summed E-state index contributed by atoms with van der Waals surface area (Å²) in [6, 6.07) is 14.6. The van der Waals surface area contributed by atoms with Crippen molar-refractivity contribution in [1.82, 2.24) is 10.3 Å².